The van der Waals surface area contributed by atoms with Gasteiger partial charge >= 0.3 is 0 Å². The van der Waals surface area contributed by atoms with Crippen LogP contribution >= 0.6 is 0 Å². The minimum Gasteiger partial charge on any atom is -0.493 e. The van der Waals surface area contributed by atoms with Gasteiger partial charge in [0.1, 0.15) is 11.3 Å². The molecule has 0 bridgehead atoms. The monoisotopic (exact) mass is 263 g/mol. The quantitative estimate of drug-likeness (QED) is 0.482. The zero-order valence-corrected chi connectivity index (χ0v) is 11.0. The van der Waals surface area contributed by atoms with Gasteiger partial charge in [-0.3, -0.25) is 10.1 Å². The maximum absolute atomic E-state index is 10.8. The predicted octanol–water partition coefficient (Wildman–Crippen LogP) is 2.30. The molecule has 102 valence electrons. The molecule has 19 heavy (non-hydrogen) atoms. The average molecular weight is 263 g/mol. The Labute approximate surface area is 111 Å². The molecule has 6 heteroatoms. The second-order valence-corrected chi connectivity index (χ2v) is 4.64. The summed E-state index contributed by atoms with van der Waals surface area (Å²) in [7, 11) is 0. The van der Waals surface area contributed by atoms with Crippen molar-refractivity contribution in [2.45, 2.75) is 32.2 Å². The van der Waals surface area contributed by atoms with Crippen LogP contribution in [0.15, 0.2) is 18.2 Å². The average Bonchev–Trinajstić information content (AvgIpc) is 2.36. The smallest absolute Gasteiger partial charge is 0.276 e. The first-order chi connectivity index (χ1) is 8.87. The Morgan fingerprint density at radius 3 is 2.84 bits per heavy atom. The topological polar surface area (TPSA) is 102 Å². The first-order valence-electron chi connectivity index (χ1n) is 5.94. The van der Waals surface area contributed by atoms with E-state index in [4.69, 9.17) is 15.7 Å². The van der Waals surface area contributed by atoms with Gasteiger partial charge in [0.2, 0.25) is 0 Å². The number of hydrogen-bond acceptors (Lipinski definition) is 5. The number of nitrogens with zero attached hydrogens (tertiary/aromatic N) is 2. The molecule has 0 amide bonds. The van der Waals surface area contributed by atoms with Gasteiger partial charge in [-0.2, -0.15) is 5.26 Å². The molecule has 1 aromatic rings. The molecule has 0 saturated carbocycles. The molecular weight excluding hydrogens is 246 g/mol. The highest BCUT2D eigenvalue weighted by atomic mass is 16.6. The number of benzene rings is 1. The normalized spacial score (nSPS) is 13.4. The molecular formula is C13H17N3O3. The number of nitriles is 1. The van der Waals surface area contributed by atoms with Gasteiger partial charge in [-0.15, -0.1) is 0 Å². The van der Waals surface area contributed by atoms with E-state index in [2.05, 4.69) is 0 Å². The summed E-state index contributed by atoms with van der Waals surface area (Å²) in [6.07, 6.45) is 1.13. The minimum absolute atomic E-state index is 0.0400. The number of rotatable bonds is 6. The van der Waals surface area contributed by atoms with Gasteiger partial charge in [0.05, 0.1) is 23.2 Å². The van der Waals surface area contributed by atoms with E-state index in [0.717, 1.165) is 0 Å². The van der Waals surface area contributed by atoms with Crippen LogP contribution in [0.2, 0.25) is 0 Å². The van der Waals surface area contributed by atoms with Crippen molar-refractivity contribution >= 4 is 5.69 Å². The number of nitro benzene ring substituents is 1. The molecule has 1 atom stereocenters. The zero-order chi connectivity index (χ0) is 14.5. The Bertz CT molecular complexity index is 506. The van der Waals surface area contributed by atoms with Crippen LogP contribution in [0, 0.1) is 28.4 Å². The second-order valence-electron chi connectivity index (χ2n) is 4.64. The maximum atomic E-state index is 10.8. The van der Waals surface area contributed by atoms with Crippen LogP contribution in [-0.4, -0.2) is 17.1 Å². The van der Waals surface area contributed by atoms with Crippen LogP contribution in [0.3, 0.4) is 0 Å². The first-order valence-corrected chi connectivity index (χ1v) is 5.94. The lowest BCUT2D eigenvalue weighted by atomic mass is 10.00. The largest absolute Gasteiger partial charge is 0.493 e. The summed E-state index contributed by atoms with van der Waals surface area (Å²) in [6.45, 7) is 3.68. The van der Waals surface area contributed by atoms with E-state index in [-0.39, 0.29) is 5.69 Å². The highest BCUT2D eigenvalue weighted by Gasteiger charge is 2.17. The van der Waals surface area contributed by atoms with Crippen LogP contribution in [0.25, 0.3) is 0 Å². The van der Waals surface area contributed by atoms with E-state index >= 15 is 0 Å². The number of nitrogens with two attached hydrogens (primary N) is 1. The van der Waals surface area contributed by atoms with Crippen LogP contribution < -0.4 is 10.5 Å². The summed E-state index contributed by atoms with van der Waals surface area (Å²) in [5, 5.41) is 19.5. The van der Waals surface area contributed by atoms with E-state index in [0.29, 0.717) is 30.8 Å². The van der Waals surface area contributed by atoms with Gasteiger partial charge in [0, 0.05) is 6.07 Å². The molecule has 1 unspecified atom stereocenters. The summed E-state index contributed by atoms with van der Waals surface area (Å²) in [5.41, 5.74) is 5.37. The Balaban J connectivity index is 2.58. The Morgan fingerprint density at radius 1 is 1.58 bits per heavy atom. The highest BCUT2D eigenvalue weighted by molar-refractivity contribution is 5.48. The highest BCUT2D eigenvalue weighted by Crippen LogP contribution is 2.27. The van der Waals surface area contributed by atoms with Crippen molar-refractivity contribution in [2.24, 2.45) is 5.73 Å². The van der Waals surface area contributed by atoms with Crippen molar-refractivity contribution in [3.05, 3.63) is 33.9 Å². The molecule has 0 aromatic heterocycles. The zero-order valence-electron chi connectivity index (χ0n) is 11.0. The molecule has 0 saturated heterocycles. The summed E-state index contributed by atoms with van der Waals surface area (Å²) in [4.78, 5) is 10.3. The molecule has 0 spiro atoms. The SMILES string of the molecule is Cc1c(OCCCC(C)(N)C#N)cccc1[N+](=O)[O-]. The van der Waals surface area contributed by atoms with Gasteiger partial charge in [-0.1, -0.05) is 6.07 Å². The lowest BCUT2D eigenvalue weighted by Gasteiger charge is -2.15. The molecule has 0 aliphatic heterocycles. The van der Waals surface area contributed by atoms with Gasteiger partial charge in [0.25, 0.3) is 5.69 Å². The second kappa shape index (κ2) is 6.16. The fourth-order valence-electron chi connectivity index (χ4n) is 1.63. The van der Waals surface area contributed by atoms with E-state index < -0.39 is 10.5 Å². The van der Waals surface area contributed by atoms with Gasteiger partial charge < -0.3 is 10.5 Å². The molecule has 0 aliphatic carbocycles. The molecule has 0 aliphatic rings. The number of hydrogen-bond donors (Lipinski definition) is 1. The Morgan fingerprint density at radius 2 is 2.26 bits per heavy atom. The standard InChI is InChI=1S/C13H17N3O3/c1-10-11(16(17)18)5-3-6-12(10)19-8-4-7-13(2,15)9-14/h3,5-6H,4,7-8,15H2,1-2H3. The third kappa shape index (κ3) is 4.23. The van der Waals surface area contributed by atoms with Crippen LogP contribution in [0.4, 0.5) is 5.69 Å². The lowest BCUT2D eigenvalue weighted by Crippen LogP contribution is -2.34. The minimum atomic E-state index is -0.860. The summed E-state index contributed by atoms with van der Waals surface area (Å²) in [5.74, 6) is 0.491. The van der Waals surface area contributed by atoms with Gasteiger partial charge in [-0.25, -0.2) is 0 Å². The van der Waals surface area contributed by atoms with Gasteiger partial charge in [0.15, 0.2) is 0 Å². The molecule has 6 nitrogen and oxygen atoms in total. The summed E-state index contributed by atoms with van der Waals surface area (Å²) >= 11 is 0. The molecule has 0 radical (unpaired) electrons. The van der Waals surface area contributed by atoms with Crippen molar-refractivity contribution < 1.29 is 9.66 Å². The van der Waals surface area contributed by atoms with Crippen molar-refractivity contribution in [3.8, 4) is 11.8 Å². The fourth-order valence-corrected chi connectivity index (χ4v) is 1.63. The molecule has 1 aromatic carbocycles. The van der Waals surface area contributed by atoms with Crippen LogP contribution in [0.5, 0.6) is 5.75 Å². The van der Waals surface area contributed by atoms with E-state index in [1.54, 1.807) is 26.0 Å². The Kier molecular flexibility index (Phi) is 4.84. The number of ether oxygens (including phenoxy) is 1. The number of nitro groups is 1. The third-order valence-electron chi connectivity index (χ3n) is 2.81. The van der Waals surface area contributed by atoms with Crippen LogP contribution in [0.1, 0.15) is 25.3 Å². The van der Waals surface area contributed by atoms with Crippen molar-refractivity contribution in [2.75, 3.05) is 6.61 Å². The predicted molar refractivity (Wildman–Crippen MR) is 70.8 cm³/mol. The molecule has 2 N–H and O–H groups in total. The Hall–Kier alpha value is -2.13. The van der Waals surface area contributed by atoms with Crippen molar-refractivity contribution in [1.29, 1.82) is 5.26 Å². The first kappa shape index (κ1) is 14.9. The van der Waals surface area contributed by atoms with Crippen molar-refractivity contribution in [1.82, 2.24) is 0 Å². The maximum Gasteiger partial charge on any atom is 0.276 e. The summed E-state index contributed by atoms with van der Waals surface area (Å²) in [6, 6.07) is 6.72. The third-order valence-corrected chi connectivity index (χ3v) is 2.81. The molecule has 0 heterocycles. The van der Waals surface area contributed by atoms with E-state index in [1.165, 1.54) is 6.07 Å². The molecule has 1 rings (SSSR count). The van der Waals surface area contributed by atoms with E-state index in [1.807, 2.05) is 6.07 Å². The lowest BCUT2D eigenvalue weighted by molar-refractivity contribution is -0.385. The van der Waals surface area contributed by atoms with Crippen molar-refractivity contribution in [3.63, 3.8) is 0 Å². The van der Waals surface area contributed by atoms with Gasteiger partial charge in [-0.05, 0) is 32.8 Å². The van der Waals surface area contributed by atoms with Crippen LogP contribution in [-0.2, 0) is 0 Å². The molecule has 0 fully saturated rings. The summed E-state index contributed by atoms with van der Waals surface area (Å²) < 4.78 is 5.50. The fraction of sp³-hybridized carbons (Fsp3) is 0.462. The van der Waals surface area contributed by atoms with E-state index in [9.17, 15) is 10.1 Å².